The quantitative estimate of drug-likeness (QED) is 0.137. The van der Waals surface area contributed by atoms with Crippen molar-refractivity contribution in [3.05, 3.63) is 48.6 Å². The van der Waals surface area contributed by atoms with E-state index in [1.165, 1.54) is 18.4 Å². The lowest BCUT2D eigenvalue weighted by Crippen LogP contribution is -2.13. The normalized spacial score (nSPS) is 14.5. The van der Waals surface area contributed by atoms with E-state index in [9.17, 15) is 0 Å². The van der Waals surface area contributed by atoms with Crippen LogP contribution in [0, 0.1) is 5.41 Å². The highest BCUT2D eigenvalue weighted by Crippen LogP contribution is 2.27. The van der Waals surface area contributed by atoms with Gasteiger partial charge < -0.3 is 9.47 Å². The molecule has 0 amide bonds. The predicted octanol–water partition coefficient (Wildman–Crippen LogP) is 7.00. The highest BCUT2D eigenvalue weighted by molar-refractivity contribution is 5.11. The maximum absolute atomic E-state index is 5.65. The first-order chi connectivity index (χ1) is 12.0. The van der Waals surface area contributed by atoms with Crippen LogP contribution in [-0.4, -0.2) is 20.0 Å². The fraction of sp³-hybridized carbons (Fsp3) is 0.652. The molecule has 0 aromatic heterocycles. The first kappa shape index (κ1) is 23.9. The van der Waals surface area contributed by atoms with Gasteiger partial charge in [-0.3, -0.25) is 0 Å². The van der Waals surface area contributed by atoms with Gasteiger partial charge in [0.25, 0.3) is 0 Å². The van der Waals surface area contributed by atoms with Gasteiger partial charge in [0.05, 0.1) is 6.10 Å². The average molecular weight is 349 g/mol. The summed E-state index contributed by atoms with van der Waals surface area (Å²) in [5.74, 6) is 0. The molecule has 2 nitrogen and oxygen atoms in total. The molecule has 0 fully saturated rings. The zero-order chi connectivity index (χ0) is 19.0. The Bertz CT molecular complexity index is 414. The second-order valence-corrected chi connectivity index (χ2v) is 7.04. The molecule has 0 N–H and O–H groups in total. The predicted molar refractivity (Wildman–Crippen MR) is 111 cm³/mol. The summed E-state index contributed by atoms with van der Waals surface area (Å²) < 4.78 is 10.6. The smallest absolute Gasteiger partial charge is 0.146 e. The first-order valence-corrected chi connectivity index (χ1v) is 9.72. The SMILES string of the molecule is C=CCC(CCC(C)=CC=CCCC=CC(C)(CC)CC)OCOC. The fourth-order valence-corrected chi connectivity index (χ4v) is 2.47. The standard InChI is InChI=1S/C23H40O2/c1-7-15-22(25-20-24-6)18-17-21(4)16-13-11-10-12-14-19-23(5,8-2)9-3/h7,11,13-14,16,19,22H,1,8-10,12,15,17-18,20H2,2-6H3. The third-order valence-electron chi connectivity index (χ3n) is 4.86. The van der Waals surface area contributed by atoms with E-state index in [2.05, 4.69) is 64.7 Å². The summed E-state index contributed by atoms with van der Waals surface area (Å²) in [5, 5.41) is 0. The Morgan fingerprint density at radius 2 is 1.84 bits per heavy atom. The Balaban J connectivity index is 4.11. The van der Waals surface area contributed by atoms with Crippen LogP contribution in [0.15, 0.2) is 48.6 Å². The van der Waals surface area contributed by atoms with Gasteiger partial charge in [0.1, 0.15) is 6.79 Å². The van der Waals surface area contributed by atoms with Crippen molar-refractivity contribution in [1.29, 1.82) is 0 Å². The molecule has 0 spiro atoms. The number of methoxy groups -OCH3 is 1. The van der Waals surface area contributed by atoms with Crippen molar-refractivity contribution in [2.24, 2.45) is 5.41 Å². The second kappa shape index (κ2) is 15.2. The van der Waals surface area contributed by atoms with Crippen LogP contribution in [0.25, 0.3) is 0 Å². The van der Waals surface area contributed by atoms with Gasteiger partial charge in [-0.2, -0.15) is 0 Å². The molecule has 2 heteroatoms. The molecule has 0 heterocycles. The van der Waals surface area contributed by atoms with Gasteiger partial charge in [-0.1, -0.05) is 62.8 Å². The van der Waals surface area contributed by atoms with Crippen LogP contribution in [0.4, 0.5) is 0 Å². The Morgan fingerprint density at radius 1 is 1.16 bits per heavy atom. The summed E-state index contributed by atoms with van der Waals surface area (Å²) in [6, 6.07) is 0. The Morgan fingerprint density at radius 3 is 2.44 bits per heavy atom. The van der Waals surface area contributed by atoms with Crippen LogP contribution in [0.1, 0.15) is 72.6 Å². The van der Waals surface area contributed by atoms with Crippen LogP contribution in [-0.2, 0) is 9.47 Å². The maximum atomic E-state index is 5.65. The average Bonchev–Trinajstić information content (AvgIpc) is 2.62. The first-order valence-electron chi connectivity index (χ1n) is 9.72. The molecular weight excluding hydrogens is 308 g/mol. The second-order valence-electron chi connectivity index (χ2n) is 7.04. The van der Waals surface area contributed by atoms with Gasteiger partial charge in [-0.05, 0) is 57.3 Å². The molecule has 0 aliphatic heterocycles. The van der Waals surface area contributed by atoms with Crippen molar-refractivity contribution in [2.75, 3.05) is 13.9 Å². The Hall–Kier alpha value is -1.12. The van der Waals surface area contributed by atoms with Crippen LogP contribution in [0.3, 0.4) is 0 Å². The molecule has 25 heavy (non-hydrogen) atoms. The number of hydrogen-bond donors (Lipinski definition) is 0. The van der Waals surface area contributed by atoms with Crippen molar-refractivity contribution in [3.63, 3.8) is 0 Å². The fourth-order valence-electron chi connectivity index (χ4n) is 2.47. The van der Waals surface area contributed by atoms with Gasteiger partial charge in [0.15, 0.2) is 0 Å². The molecule has 0 aliphatic carbocycles. The molecule has 0 aromatic rings. The van der Waals surface area contributed by atoms with Crippen molar-refractivity contribution < 1.29 is 9.47 Å². The molecule has 0 rings (SSSR count). The van der Waals surface area contributed by atoms with Gasteiger partial charge >= 0.3 is 0 Å². The molecule has 1 atom stereocenters. The van der Waals surface area contributed by atoms with E-state index in [1.54, 1.807) is 7.11 Å². The van der Waals surface area contributed by atoms with Gasteiger partial charge in [0.2, 0.25) is 0 Å². The molecular formula is C23H40O2. The minimum atomic E-state index is 0.196. The number of ether oxygens (including phenoxy) is 2. The Kier molecular flexibility index (Phi) is 14.5. The number of rotatable bonds is 15. The van der Waals surface area contributed by atoms with Crippen molar-refractivity contribution in [1.82, 2.24) is 0 Å². The lowest BCUT2D eigenvalue weighted by atomic mass is 9.84. The zero-order valence-corrected chi connectivity index (χ0v) is 17.2. The van der Waals surface area contributed by atoms with E-state index in [4.69, 9.17) is 9.47 Å². The molecule has 0 aliphatic rings. The molecule has 0 bridgehead atoms. The minimum Gasteiger partial charge on any atom is -0.359 e. The largest absolute Gasteiger partial charge is 0.359 e. The summed E-state index contributed by atoms with van der Waals surface area (Å²) in [5.41, 5.74) is 1.75. The van der Waals surface area contributed by atoms with E-state index >= 15 is 0 Å². The van der Waals surface area contributed by atoms with E-state index < -0.39 is 0 Å². The number of allylic oxidation sites excluding steroid dienone is 6. The summed E-state index contributed by atoms with van der Waals surface area (Å²) in [7, 11) is 1.65. The highest BCUT2D eigenvalue weighted by Gasteiger charge is 2.14. The van der Waals surface area contributed by atoms with E-state index in [-0.39, 0.29) is 6.10 Å². The molecule has 1 unspecified atom stereocenters. The number of hydrogen-bond acceptors (Lipinski definition) is 2. The maximum Gasteiger partial charge on any atom is 0.146 e. The molecule has 0 aromatic carbocycles. The zero-order valence-electron chi connectivity index (χ0n) is 17.2. The van der Waals surface area contributed by atoms with Crippen LogP contribution in [0.2, 0.25) is 0 Å². The molecule has 144 valence electrons. The summed E-state index contributed by atoms with van der Waals surface area (Å²) in [6.07, 6.45) is 21.0. The summed E-state index contributed by atoms with van der Waals surface area (Å²) in [6.45, 7) is 13.2. The van der Waals surface area contributed by atoms with Crippen molar-refractivity contribution in [2.45, 2.75) is 78.7 Å². The third kappa shape index (κ3) is 12.8. The summed E-state index contributed by atoms with van der Waals surface area (Å²) in [4.78, 5) is 0. The molecule has 0 saturated heterocycles. The van der Waals surface area contributed by atoms with Crippen molar-refractivity contribution in [3.8, 4) is 0 Å². The van der Waals surface area contributed by atoms with Crippen LogP contribution in [0.5, 0.6) is 0 Å². The lowest BCUT2D eigenvalue weighted by Gasteiger charge is -2.21. The number of unbranched alkanes of at least 4 members (excludes halogenated alkanes) is 1. The minimum absolute atomic E-state index is 0.196. The van der Waals surface area contributed by atoms with Gasteiger partial charge in [0, 0.05) is 7.11 Å². The third-order valence-corrected chi connectivity index (χ3v) is 4.86. The topological polar surface area (TPSA) is 18.5 Å². The van der Waals surface area contributed by atoms with Crippen LogP contribution < -0.4 is 0 Å². The van der Waals surface area contributed by atoms with Crippen LogP contribution >= 0.6 is 0 Å². The molecule has 0 radical (unpaired) electrons. The van der Waals surface area contributed by atoms with Gasteiger partial charge in [-0.25, -0.2) is 0 Å². The monoisotopic (exact) mass is 348 g/mol. The molecule has 0 saturated carbocycles. The van der Waals surface area contributed by atoms with E-state index in [1.807, 2.05) is 6.08 Å². The van der Waals surface area contributed by atoms with E-state index in [0.717, 1.165) is 32.1 Å². The van der Waals surface area contributed by atoms with E-state index in [0.29, 0.717) is 12.2 Å². The van der Waals surface area contributed by atoms with Crippen molar-refractivity contribution >= 4 is 0 Å². The Labute approximate surface area is 156 Å². The van der Waals surface area contributed by atoms with Gasteiger partial charge in [-0.15, -0.1) is 6.58 Å². The highest BCUT2D eigenvalue weighted by atomic mass is 16.7. The summed E-state index contributed by atoms with van der Waals surface area (Å²) >= 11 is 0. The lowest BCUT2D eigenvalue weighted by molar-refractivity contribution is -0.0725.